The fourth-order valence-electron chi connectivity index (χ4n) is 3.92. The Morgan fingerprint density at radius 1 is 1.00 bits per heavy atom. The number of carboxylic acids is 1. The predicted molar refractivity (Wildman–Crippen MR) is 117 cm³/mol. The average molecular weight is 439 g/mol. The first kappa shape index (κ1) is 23.3. The van der Waals surface area contributed by atoms with Crippen molar-refractivity contribution in [2.75, 3.05) is 6.61 Å². The number of fused-ring (bicyclic) bond motifs is 3. The molecule has 0 saturated carbocycles. The first-order valence-electron chi connectivity index (χ1n) is 10.7. The molecular weight excluding hydrogens is 410 g/mol. The summed E-state index contributed by atoms with van der Waals surface area (Å²) in [5.41, 5.74) is 3.75. The standard InChI is InChI=1S/C25H29NO6/c1-25(2,3)32-23(29)13-12-16(14-22(27)28)26-24(30)31-15-21-19-10-6-4-8-17(19)18-9-5-7-11-20(18)21/h4-11,16,21H,12-15H2,1-3H3,(H,26,30)(H,27,28)/p-1/t16-/m0/s1. The highest BCUT2D eigenvalue weighted by Gasteiger charge is 2.29. The predicted octanol–water partition coefficient (Wildman–Crippen LogP) is 3.16. The molecule has 2 aromatic carbocycles. The van der Waals surface area contributed by atoms with Crippen molar-refractivity contribution >= 4 is 18.0 Å². The molecule has 0 aliphatic heterocycles. The number of esters is 1. The molecule has 170 valence electrons. The first-order valence-corrected chi connectivity index (χ1v) is 10.7. The summed E-state index contributed by atoms with van der Waals surface area (Å²) >= 11 is 0. The number of hydrogen-bond acceptors (Lipinski definition) is 6. The molecule has 0 bridgehead atoms. The summed E-state index contributed by atoms with van der Waals surface area (Å²) in [5.74, 6) is -1.89. The zero-order valence-corrected chi connectivity index (χ0v) is 18.6. The molecule has 1 aliphatic carbocycles. The van der Waals surface area contributed by atoms with Gasteiger partial charge in [-0.15, -0.1) is 0 Å². The quantitative estimate of drug-likeness (QED) is 0.635. The number of carbonyl (C=O) groups excluding carboxylic acids is 3. The molecule has 1 aliphatic rings. The molecule has 0 saturated heterocycles. The molecule has 1 atom stereocenters. The number of aliphatic carboxylic acids is 1. The van der Waals surface area contributed by atoms with E-state index in [0.29, 0.717) is 0 Å². The Morgan fingerprint density at radius 2 is 1.56 bits per heavy atom. The molecule has 32 heavy (non-hydrogen) atoms. The van der Waals surface area contributed by atoms with Gasteiger partial charge in [-0.25, -0.2) is 4.79 Å². The fraction of sp³-hybridized carbons (Fsp3) is 0.400. The van der Waals surface area contributed by atoms with Gasteiger partial charge in [0.2, 0.25) is 0 Å². The molecular formula is C25H28NO6-. The Bertz CT molecular complexity index is 948. The summed E-state index contributed by atoms with van der Waals surface area (Å²) in [6.07, 6.45) is -1.08. The van der Waals surface area contributed by atoms with E-state index in [2.05, 4.69) is 5.32 Å². The number of alkyl carbamates (subject to hydrolysis) is 1. The number of carboxylic acid groups (broad SMARTS) is 1. The van der Waals surface area contributed by atoms with Crippen LogP contribution in [0.5, 0.6) is 0 Å². The first-order chi connectivity index (χ1) is 15.1. The molecule has 2 aromatic rings. The van der Waals surface area contributed by atoms with E-state index in [4.69, 9.17) is 9.47 Å². The van der Waals surface area contributed by atoms with Crippen LogP contribution >= 0.6 is 0 Å². The number of carbonyl (C=O) groups is 3. The van der Waals surface area contributed by atoms with Crippen LogP contribution in [0, 0.1) is 0 Å². The van der Waals surface area contributed by atoms with Crippen LogP contribution in [0.15, 0.2) is 48.5 Å². The van der Waals surface area contributed by atoms with E-state index in [1.54, 1.807) is 20.8 Å². The van der Waals surface area contributed by atoms with Crippen LogP contribution < -0.4 is 10.4 Å². The Morgan fingerprint density at radius 3 is 2.09 bits per heavy atom. The second-order valence-electron chi connectivity index (χ2n) is 8.87. The Labute approximate surface area is 187 Å². The van der Waals surface area contributed by atoms with Crippen molar-refractivity contribution in [3.05, 3.63) is 59.7 Å². The van der Waals surface area contributed by atoms with Crippen molar-refractivity contribution in [3.63, 3.8) is 0 Å². The van der Waals surface area contributed by atoms with E-state index >= 15 is 0 Å². The van der Waals surface area contributed by atoms with Gasteiger partial charge < -0.3 is 24.7 Å². The molecule has 0 radical (unpaired) electrons. The lowest BCUT2D eigenvalue weighted by Crippen LogP contribution is -2.40. The van der Waals surface area contributed by atoms with Gasteiger partial charge in [0.1, 0.15) is 12.2 Å². The monoisotopic (exact) mass is 438 g/mol. The van der Waals surface area contributed by atoms with Crippen LogP contribution in [0.1, 0.15) is 57.1 Å². The highest BCUT2D eigenvalue weighted by atomic mass is 16.6. The number of ether oxygens (including phenoxy) is 2. The van der Waals surface area contributed by atoms with Gasteiger partial charge in [0.05, 0.1) is 0 Å². The van der Waals surface area contributed by atoms with Crippen LogP contribution in [0.25, 0.3) is 11.1 Å². The van der Waals surface area contributed by atoms with Gasteiger partial charge in [0.15, 0.2) is 0 Å². The van der Waals surface area contributed by atoms with Gasteiger partial charge >= 0.3 is 12.1 Å². The molecule has 0 aromatic heterocycles. The summed E-state index contributed by atoms with van der Waals surface area (Å²) < 4.78 is 10.7. The molecule has 1 N–H and O–H groups in total. The average Bonchev–Trinajstić information content (AvgIpc) is 3.03. The largest absolute Gasteiger partial charge is 0.550 e. The lowest BCUT2D eigenvalue weighted by atomic mass is 9.98. The van der Waals surface area contributed by atoms with Gasteiger partial charge in [0.25, 0.3) is 0 Å². The molecule has 1 amide bonds. The van der Waals surface area contributed by atoms with E-state index < -0.39 is 36.1 Å². The Balaban J connectivity index is 1.59. The van der Waals surface area contributed by atoms with E-state index in [-0.39, 0.29) is 25.4 Å². The molecule has 7 nitrogen and oxygen atoms in total. The number of amides is 1. The minimum Gasteiger partial charge on any atom is -0.550 e. The molecule has 0 spiro atoms. The van der Waals surface area contributed by atoms with Crippen LogP contribution in [0.4, 0.5) is 4.79 Å². The van der Waals surface area contributed by atoms with Gasteiger partial charge in [-0.05, 0) is 49.4 Å². The number of hydrogen-bond donors (Lipinski definition) is 1. The van der Waals surface area contributed by atoms with Crippen molar-refractivity contribution in [1.29, 1.82) is 0 Å². The topological polar surface area (TPSA) is 105 Å². The summed E-state index contributed by atoms with van der Waals surface area (Å²) in [5, 5.41) is 13.6. The summed E-state index contributed by atoms with van der Waals surface area (Å²) in [6.45, 7) is 5.36. The number of nitrogens with one attached hydrogen (secondary N) is 1. The maximum Gasteiger partial charge on any atom is 0.407 e. The summed E-state index contributed by atoms with van der Waals surface area (Å²) in [6, 6.07) is 15.2. The third-order valence-electron chi connectivity index (χ3n) is 5.20. The van der Waals surface area contributed by atoms with Crippen molar-refractivity contribution in [2.45, 2.75) is 57.6 Å². The zero-order chi connectivity index (χ0) is 23.3. The SMILES string of the molecule is CC(C)(C)OC(=O)CC[C@@H](CC(=O)[O-])NC(=O)OCC1c2ccccc2-c2ccccc21. The summed E-state index contributed by atoms with van der Waals surface area (Å²) in [4.78, 5) is 35.5. The van der Waals surface area contributed by atoms with Gasteiger partial charge in [-0.1, -0.05) is 48.5 Å². The van der Waals surface area contributed by atoms with Crippen molar-refractivity contribution in [3.8, 4) is 11.1 Å². The van der Waals surface area contributed by atoms with Gasteiger partial charge in [-0.2, -0.15) is 0 Å². The van der Waals surface area contributed by atoms with Gasteiger partial charge in [0, 0.05) is 30.8 Å². The van der Waals surface area contributed by atoms with Gasteiger partial charge in [-0.3, -0.25) is 4.79 Å². The minimum absolute atomic E-state index is 0.0289. The second-order valence-corrected chi connectivity index (χ2v) is 8.87. The van der Waals surface area contributed by atoms with Crippen LogP contribution in [-0.4, -0.2) is 36.3 Å². The third kappa shape index (κ3) is 6.09. The number of rotatable bonds is 8. The maximum atomic E-state index is 12.4. The molecule has 3 rings (SSSR count). The Kier molecular flexibility index (Phi) is 7.18. The maximum absolute atomic E-state index is 12.4. The normalized spacial score (nSPS) is 13.6. The minimum atomic E-state index is -1.32. The number of benzene rings is 2. The molecule has 0 heterocycles. The van der Waals surface area contributed by atoms with Crippen LogP contribution in [0.3, 0.4) is 0 Å². The van der Waals surface area contributed by atoms with E-state index in [1.807, 2.05) is 48.5 Å². The van der Waals surface area contributed by atoms with E-state index in [0.717, 1.165) is 22.3 Å². The molecule has 0 fully saturated rings. The Hall–Kier alpha value is -3.35. The highest BCUT2D eigenvalue weighted by molar-refractivity contribution is 5.79. The molecule has 7 heteroatoms. The lowest BCUT2D eigenvalue weighted by molar-refractivity contribution is -0.306. The van der Waals surface area contributed by atoms with Crippen molar-refractivity contribution in [2.24, 2.45) is 0 Å². The lowest BCUT2D eigenvalue weighted by Gasteiger charge is -2.22. The summed E-state index contributed by atoms with van der Waals surface area (Å²) in [7, 11) is 0. The molecule has 0 unspecified atom stereocenters. The van der Waals surface area contributed by atoms with E-state index in [9.17, 15) is 19.5 Å². The van der Waals surface area contributed by atoms with Crippen LogP contribution in [0.2, 0.25) is 0 Å². The van der Waals surface area contributed by atoms with Crippen molar-refractivity contribution < 1.29 is 29.0 Å². The third-order valence-corrected chi connectivity index (χ3v) is 5.20. The fourth-order valence-corrected chi connectivity index (χ4v) is 3.92. The van der Waals surface area contributed by atoms with E-state index in [1.165, 1.54) is 0 Å². The smallest absolute Gasteiger partial charge is 0.407 e. The zero-order valence-electron chi connectivity index (χ0n) is 18.6. The van der Waals surface area contributed by atoms with Crippen molar-refractivity contribution in [1.82, 2.24) is 5.32 Å². The van der Waals surface area contributed by atoms with Crippen LogP contribution in [-0.2, 0) is 19.1 Å². The second kappa shape index (κ2) is 9.85. The highest BCUT2D eigenvalue weighted by Crippen LogP contribution is 2.44.